The first-order valence-electron chi connectivity index (χ1n) is 11.5. The van der Waals surface area contributed by atoms with Crippen molar-refractivity contribution < 1.29 is 0 Å². The van der Waals surface area contributed by atoms with E-state index in [2.05, 4.69) is 64.0 Å². The van der Waals surface area contributed by atoms with Crippen LogP contribution in [0.2, 0.25) is 0 Å². The van der Waals surface area contributed by atoms with Gasteiger partial charge in [0, 0.05) is 65.0 Å². The van der Waals surface area contributed by atoms with Gasteiger partial charge in [0.05, 0.1) is 5.69 Å². The van der Waals surface area contributed by atoms with Gasteiger partial charge in [-0.05, 0) is 31.4 Å². The number of hydrogen-bond donors (Lipinski definition) is 0. The summed E-state index contributed by atoms with van der Waals surface area (Å²) in [5.74, 6) is 2.05. The molecule has 0 aliphatic carbocycles. The van der Waals surface area contributed by atoms with Gasteiger partial charge in [-0.3, -0.25) is 9.80 Å². The molecule has 2 saturated heterocycles. The molecular formula is C24H34N6. The summed E-state index contributed by atoms with van der Waals surface area (Å²) in [7, 11) is 4.10. The quantitative estimate of drug-likeness (QED) is 0.778. The van der Waals surface area contributed by atoms with Crippen LogP contribution in [-0.2, 0) is 19.5 Å². The molecule has 30 heavy (non-hydrogen) atoms. The summed E-state index contributed by atoms with van der Waals surface area (Å²) < 4.78 is 0. The maximum absolute atomic E-state index is 5.06. The van der Waals surface area contributed by atoms with Crippen LogP contribution in [0.5, 0.6) is 0 Å². The summed E-state index contributed by atoms with van der Waals surface area (Å²) in [6.07, 6.45) is 5.10. The van der Waals surface area contributed by atoms with Crippen molar-refractivity contribution in [2.75, 3.05) is 56.6 Å². The molecule has 0 amide bonds. The van der Waals surface area contributed by atoms with E-state index < -0.39 is 0 Å². The second-order valence-electron chi connectivity index (χ2n) is 9.24. The van der Waals surface area contributed by atoms with E-state index in [-0.39, 0.29) is 0 Å². The highest BCUT2D eigenvalue weighted by atomic mass is 15.3. The Labute approximate surface area is 180 Å². The van der Waals surface area contributed by atoms with E-state index >= 15 is 0 Å². The van der Waals surface area contributed by atoms with Gasteiger partial charge >= 0.3 is 0 Å². The Bertz CT molecular complexity index is 867. The molecule has 1 aromatic carbocycles. The molecule has 160 valence electrons. The van der Waals surface area contributed by atoms with Gasteiger partial charge in [0.15, 0.2) is 0 Å². The minimum atomic E-state index is 0.694. The lowest BCUT2D eigenvalue weighted by atomic mass is 9.98. The molecule has 1 aromatic heterocycles. The monoisotopic (exact) mass is 406 g/mol. The summed E-state index contributed by atoms with van der Waals surface area (Å²) in [6.45, 7) is 7.61. The number of piperazine rings is 1. The first kappa shape index (κ1) is 19.8. The van der Waals surface area contributed by atoms with Crippen LogP contribution < -0.4 is 9.80 Å². The molecule has 0 spiro atoms. The maximum atomic E-state index is 5.06. The van der Waals surface area contributed by atoms with E-state index in [1.165, 1.54) is 55.0 Å². The molecule has 0 radical (unpaired) electrons. The minimum Gasteiger partial charge on any atom is -0.353 e. The number of rotatable bonds is 4. The number of piperidine rings is 1. The highest BCUT2D eigenvalue weighted by Crippen LogP contribution is 2.31. The van der Waals surface area contributed by atoms with Crippen molar-refractivity contribution in [3.8, 4) is 0 Å². The first-order chi connectivity index (χ1) is 14.7. The predicted molar refractivity (Wildman–Crippen MR) is 122 cm³/mol. The molecule has 1 unspecified atom stereocenters. The van der Waals surface area contributed by atoms with Crippen molar-refractivity contribution in [3.63, 3.8) is 0 Å². The van der Waals surface area contributed by atoms with Crippen LogP contribution in [0, 0.1) is 0 Å². The summed E-state index contributed by atoms with van der Waals surface area (Å²) >= 11 is 0. The number of hydrogen-bond acceptors (Lipinski definition) is 6. The average Bonchev–Trinajstić information content (AvgIpc) is 2.78. The largest absolute Gasteiger partial charge is 0.353 e. The van der Waals surface area contributed by atoms with Crippen LogP contribution in [0.3, 0.4) is 0 Å². The van der Waals surface area contributed by atoms with Crippen LogP contribution in [0.4, 0.5) is 11.8 Å². The topological polar surface area (TPSA) is 38.7 Å². The van der Waals surface area contributed by atoms with Crippen LogP contribution in [-0.4, -0.2) is 72.6 Å². The van der Waals surface area contributed by atoms with Crippen molar-refractivity contribution in [2.45, 2.75) is 44.8 Å². The Morgan fingerprint density at radius 3 is 2.70 bits per heavy atom. The van der Waals surface area contributed by atoms with Crippen molar-refractivity contribution in [1.29, 1.82) is 0 Å². The van der Waals surface area contributed by atoms with Crippen molar-refractivity contribution in [1.82, 2.24) is 19.8 Å². The zero-order valence-electron chi connectivity index (χ0n) is 18.4. The van der Waals surface area contributed by atoms with E-state index in [9.17, 15) is 0 Å². The van der Waals surface area contributed by atoms with Gasteiger partial charge < -0.3 is 9.80 Å². The zero-order valence-corrected chi connectivity index (χ0v) is 18.4. The number of aromatic nitrogens is 2. The Morgan fingerprint density at radius 1 is 1.00 bits per heavy atom. The summed E-state index contributed by atoms with van der Waals surface area (Å²) in [5, 5.41) is 0. The smallest absolute Gasteiger partial charge is 0.227 e. The molecule has 6 nitrogen and oxygen atoms in total. The van der Waals surface area contributed by atoms with Gasteiger partial charge in [0.2, 0.25) is 5.95 Å². The lowest BCUT2D eigenvalue weighted by molar-refractivity contribution is 0.133. The van der Waals surface area contributed by atoms with Gasteiger partial charge in [0.25, 0.3) is 0 Å². The molecule has 2 fully saturated rings. The Morgan fingerprint density at radius 2 is 1.87 bits per heavy atom. The predicted octanol–water partition coefficient (Wildman–Crippen LogP) is 2.78. The van der Waals surface area contributed by atoms with E-state index in [0.717, 1.165) is 45.1 Å². The fourth-order valence-corrected chi connectivity index (χ4v) is 5.24. The summed E-state index contributed by atoms with van der Waals surface area (Å²) in [5.41, 5.74) is 3.97. The molecule has 4 heterocycles. The number of nitrogens with zero attached hydrogens (tertiary/aromatic N) is 6. The first-order valence-corrected chi connectivity index (χ1v) is 11.5. The normalized spacial score (nSPS) is 22.5. The van der Waals surface area contributed by atoms with Crippen LogP contribution >= 0.6 is 0 Å². The molecule has 3 aliphatic heterocycles. The van der Waals surface area contributed by atoms with E-state index in [1.807, 2.05) is 0 Å². The minimum absolute atomic E-state index is 0.694. The third kappa shape index (κ3) is 4.03. The lowest BCUT2D eigenvalue weighted by Gasteiger charge is -2.45. The molecule has 1 atom stereocenters. The fourth-order valence-electron chi connectivity index (χ4n) is 5.24. The van der Waals surface area contributed by atoms with Crippen LogP contribution in [0.25, 0.3) is 0 Å². The van der Waals surface area contributed by atoms with Crippen LogP contribution in [0.1, 0.15) is 36.1 Å². The number of anilines is 2. The van der Waals surface area contributed by atoms with Crippen molar-refractivity contribution in [2.24, 2.45) is 0 Å². The molecule has 0 saturated carbocycles. The molecule has 2 aromatic rings. The van der Waals surface area contributed by atoms with Crippen molar-refractivity contribution >= 4 is 11.8 Å². The highest BCUT2D eigenvalue weighted by molar-refractivity contribution is 5.54. The number of benzene rings is 1. The average molecular weight is 407 g/mol. The number of fused-ring (bicyclic) bond motifs is 2. The Balaban J connectivity index is 1.40. The summed E-state index contributed by atoms with van der Waals surface area (Å²) in [4.78, 5) is 19.9. The van der Waals surface area contributed by atoms with Gasteiger partial charge in [-0.1, -0.05) is 36.8 Å². The Kier molecular flexibility index (Phi) is 5.61. The van der Waals surface area contributed by atoms with Crippen molar-refractivity contribution in [3.05, 3.63) is 47.2 Å². The molecular weight excluding hydrogens is 372 g/mol. The highest BCUT2D eigenvalue weighted by Gasteiger charge is 2.32. The molecule has 5 rings (SSSR count). The standard InChI is InChI=1S/C24H34N6/c1-27(2)24-25-22-18-28(16-19-8-4-3-5-9-19)13-11-21(22)23(26-24)30-15-14-29-12-7-6-10-20(29)17-30/h3-5,8-9,20H,6-7,10-18H2,1-2H3. The molecule has 0 bridgehead atoms. The van der Waals surface area contributed by atoms with E-state index in [1.54, 1.807) is 0 Å². The van der Waals surface area contributed by atoms with Gasteiger partial charge in [-0.15, -0.1) is 0 Å². The third-order valence-electron chi connectivity index (χ3n) is 6.90. The van der Waals surface area contributed by atoms with Gasteiger partial charge in [-0.2, -0.15) is 4.98 Å². The second-order valence-corrected chi connectivity index (χ2v) is 9.24. The van der Waals surface area contributed by atoms with E-state index in [0.29, 0.717) is 6.04 Å². The molecule has 3 aliphatic rings. The SMILES string of the molecule is CN(C)c1nc2c(c(N3CCN4CCCCC4C3)n1)CCN(Cc1ccccc1)C2. The fraction of sp³-hybridized carbons (Fsp3) is 0.583. The lowest BCUT2D eigenvalue weighted by Crippen LogP contribution is -2.55. The second kappa shape index (κ2) is 8.52. The van der Waals surface area contributed by atoms with Gasteiger partial charge in [-0.25, -0.2) is 4.98 Å². The Hall–Kier alpha value is -2.18. The van der Waals surface area contributed by atoms with Gasteiger partial charge in [0.1, 0.15) is 5.82 Å². The summed E-state index contributed by atoms with van der Waals surface area (Å²) in [6, 6.07) is 11.5. The van der Waals surface area contributed by atoms with E-state index in [4.69, 9.17) is 9.97 Å². The maximum Gasteiger partial charge on any atom is 0.227 e. The zero-order chi connectivity index (χ0) is 20.5. The molecule has 6 heteroatoms. The molecule has 0 N–H and O–H groups in total. The third-order valence-corrected chi connectivity index (χ3v) is 6.90. The van der Waals surface area contributed by atoms with Crippen LogP contribution in [0.15, 0.2) is 30.3 Å².